The molecule has 0 bridgehead atoms. The first-order valence-electron chi connectivity index (χ1n) is 6.63. The van der Waals surface area contributed by atoms with Crippen molar-refractivity contribution < 1.29 is 23.6 Å². The quantitative estimate of drug-likeness (QED) is 0.491. The standard InChI is InChI=1S/C14H23N3O4/c1-14(2,3)21-13(19)15-11(12(18)20-6)7-10-8-16(4)9-17(10)5/h8,11H,7H2,1-6H3,(H,15,19)/t11-/m1/s1. The third kappa shape index (κ3) is 5.45. The van der Waals surface area contributed by atoms with Gasteiger partial charge in [0.25, 0.3) is 0 Å². The molecule has 0 saturated heterocycles. The zero-order valence-electron chi connectivity index (χ0n) is 13.4. The lowest BCUT2D eigenvalue weighted by molar-refractivity contribution is -0.675. The number of rotatable bonds is 4. The van der Waals surface area contributed by atoms with Crippen LogP contribution in [0.1, 0.15) is 26.5 Å². The Morgan fingerprint density at radius 1 is 1.48 bits per heavy atom. The molecule has 1 rings (SSSR count). The molecule has 0 aliphatic rings. The number of aryl methyl sites for hydroxylation is 2. The third-order valence-corrected chi connectivity index (χ3v) is 2.67. The number of esters is 1. The van der Waals surface area contributed by atoms with Crippen LogP contribution in [0.25, 0.3) is 0 Å². The molecular formula is C14H23N3O4. The normalized spacial score (nSPS) is 12.7. The van der Waals surface area contributed by atoms with Crippen LogP contribution in [0.5, 0.6) is 0 Å². The van der Waals surface area contributed by atoms with E-state index < -0.39 is 23.7 Å². The predicted octanol–water partition coefficient (Wildman–Crippen LogP) is 0.259. The fourth-order valence-electron chi connectivity index (χ4n) is 1.82. The first-order valence-corrected chi connectivity index (χ1v) is 6.63. The van der Waals surface area contributed by atoms with Gasteiger partial charge >= 0.3 is 12.1 Å². The van der Waals surface area contributed by atoms with Crippen LogP contribution in [0.3, 0.4) is 0 Å². The monoisotopic (exact) mass is 297 g/mol. The van der Waals surface area contributed by atoms with Crippen LogP contribution in [0.4, 0.5) is 4.79 Å². The van der Waals surface area contributed by atoms with E-state index in [1.54, 1.807) is 29.9 Å². The van der Waals surface area contributed by atoms with Crippen LogP contribution in [0.15, 0.2) is 6.20 Å². The van der Waals surface area contributed by atoms with E-state index in [2.05, 4.69) is 11.6 Å². The number of carbonyl (C=O) groups is 2. The van der Waals surface area contributed by atoms with Crippen LogP contribution in [-0.2, 0) is 34.8 Å². The average Bonchev–Trinajstić information content (AvgIpc) is 2.63. The number of nitrogens with one attached hydrogen (secondary N) is 1. The van der Waals surface area contributed by atoms with Crippen molar-refractivity contribution in [2.24, 2.45) is 14.1 Å². The SMILES string of the molecule is COC(=O)[C@@H](Cc1c[n+](C)[c-]n1C)NC(=O)OC(C)(C)C. The van der Waals surface area contributed by atoms with Crippen molar-refractivity contribution in [1.82, 2.24) is 9.88 Å². The molecule has 1 amide bonds. The molecule has 1 heterocycles. The molecule has 0 aliphatic carbocycles. The van der Waals surface area contributed by atoms with E-state index in [0.717, 1.165) is 5.69 Å². The maximum atomic E-state index is 11.8. The molecular weight excluding hydrogens is 274 g/mol. The average molecular weight is 297 g/mol. The first-order chi connectivity index (χ1) is 9.62. The number of imidazole rings is 1. The molecule has 7 heteroatoms. The van der Waals surface area contributed by atoms with Gasteiger partial charge in [-0.3, -0.25) is 0 Å². The van der Waals surface area contributed by atoms with Gasteiger partial charge in [0.15, 0.2) is 0 Å². The van der Waals surface area contributed by atoms with Crippen LogP contribution < -0.4 is 9.88 Å². The number of hydrogen-bond acceptors (Lipinski definition) is 4. The van der Waals surface area contributed by atoms with Crippen molar-refractivity contribution in [3.05, 3.63) is 18.2 Å². The number of hydrogen-bond donors (Lipinski definition) is 1. The molecule has 21 heavy (non-hydrogen) atoms. The molecule has 0 saturated carbocycles. The van der Waals surface area contributed by atoms with Crippen LogP contribution in [0.2, 0.25) is 0 Å². The largest absolute Gasteiger partial charge is 0.468 e. The van der Waals surface area contributed by atoms with Gasteiger partial charge in [-0.1, -0.05) is 0 Å². The third-order valence-electron chi connectivity index (χ3n) is 2.67. The van der Waals surface area contributed by atoms with Crippen molar-refractivity contribution in [3.8, 4) is 0 Å². The van der Waals surface area contributed by atoms with Crippen molar-refractivity contribution in [2.75, 3.05) is 7.11 Å². The van der Waals surface area contributed by atoms with Gasteiger partial charge in [0.1, 0.15) is 11.6 Å². The van der Waals surface area contributed by atoms with Gasteiger partial charge in [-0.2, -0.15) is 0 Å². The molecule has 0 aliphatic heterocycles. The van der Waals surface area contributed by atoms with Gasteiger partial charge in [-0.25, -0.2) is 9.59 Å². The number of nitrogens with zero attached hydrogens (tertiary/aromatic N) is 2. The summed E-state index contributed by atoms with van der Waals surface area (Å²) in [6, 6.07) is -0.813. The van der Waals surface area contributed by atoms with Crippen LogP contribution in [-0.4, -0.2) is 35.4 Å². The van der Waals surface area contributed by atoms with Crippen molar-refractivity contribution in [1.29, 1.82) is 0 Å². The van der Waals surface area contributed by atoms with E-state index in [1.807, 2.05) is 20.3 Å². The van der Waals surface area contributed by atoms with Crippen LogP contribution >= 0.6 is 0 Å². The fourth-order valence-corrected chi connectivity index (χ4v) is 1.82. The summed E-state index contributed by atoms with van der Waals surface area (Å²) in [5.41, 5.74) is 0.208. The lowest BCUT2D eigenvalue weighted by atomic mass is 10.1. The molecule has 7 nitrogen and oxygen atoms in total. The summed E-state index contributed by atoms with van der Waals surface area (Å²) < 4.78 is 13.4. The number of methoxy groups -OCH3 is 1. The Labute approximate surface area is 124 Å². The smallest absolute Gasteiger partial charge is 0.408 e. The number of alkyl carbamates (subject to hydrolysis) is 1. The van der Waals surface area contributed by atoms with E-state index in [-0.39, 0.29) is 0 Å². The van der Waals surface area contributed by atoms with Crippen LogP contribution in [0, 0.1) is 6.33 Å². The van der Waals surface area contributed by atoms with Gasteiger partial charge in [-0.15, -0.1) is 0 Å². The summed E-state index contributed by atoms with van der Waals surface area (Å²) in [4.78, 5) is 23.6. The summed E-state index contributed by atoms with van der Waals surface area (Å²) in [6.45, 7) is 5.27. The van der Waals surface area contributed by atoms with Gasteiger partial charge in [-0.05, 0) is 39.1 Å². The Bertz CT molecular complexity index is 517. The Morgan fingerprint density at radius 2 is 2.10 bits per heavy atom. The number of aromatic nitrogens is 2. The second-order valence-electron chi connectivity index (χ2n) is 5.82. The van der Waals surface area contributed by atoms with E-state index in [1.165, 1.54) is 7.11 Å². The van der Waals surface area contributed by atoms with E-state index in [4.69, 9.17) is 9.47 Å². The zero-order chi connectivity index (χ0) is 16.2. The van der Waals surface area contributed by atoms with Gasteiger partial charge in [0.2, 0.25) is 6.33 Å². The Hall–Kier alpha value is -2.05. The molecule has 0 fully saturated rings. The van der Waals surface area contributed by atoms with Gasteiger partial charge in [0, 0.05) is 0 Å². The highest BCUT2D eigenvalue weighted by molar-refractivity contribution is 5.81. The minimum atomic E-state index is -0.813. The van der Waals surface area contributed by atoms with Crippen molar-refractivity contribution in [2.45, 2.75) is 38.8 Å². The molecule has 0 spiro atoms. The fraction of sp³-hybridized carbons (Fsp3) is 0.643. The summed E-state index contributed by atoms with van der Waals surface area (Å²) in [6.07, 6.45) is 4.46. The number of amides is 1. The Morgan fingerprint density at radius 3 is 2.52 bits per heavy atom. The second kappa shape index (κ2) is 6.60. The van der Waals surface area contributed by atoms with E-state index >= 15 is 0 Å². The Balaban J connectivity index is 2.79. The minimum Gasteiger partial charge on any atom is -0.468 e. The topological polar surface area (TPSA) is 73.4 Å². The zero-order valence-corrected chi connectivity index (χ0v) is 13.4. The van der Waals surface area contributed by atoms with Gasteiger partial charge in [0.05, 0.1) is 21.2 Å². The summed E-state index contributed by atoms with van der Waals surface area (Å²) in [5.74, 6) is -0.523. The lowest BCUT2D eigenvalue weighted by Crippen LogP contribution is -2.45. The summed E-state index contributed by atoms with van der Waals surface area (Å²) in [5, 5.41) is 2.54. The molecule has 0 unspecified atom stereocenters. The molecule has 1 aromatic heterocycles. The molecule has 1 atom stereocenters. The van der Waals surface area contributed by atoms with E-state index in [9.17, 15) is 9.59 Å². The van der Waals surface area contributed by atoms with Crippen molar-refractivity contribution >= 4 is 12.1 Å². The molecule has 0 radical (unpaired) electrons. The predicted molar refractivity (Wildman–Crippen MR) is 74.3 cm³/mol. The number of ether oxygens (including phenoxy) is 2. The molecule has 118 valence electrons. The highest BCUT2D eigenvalue weighted by Crippen LogP contribution is 2.08. The highest BCUT2D eigenvalue weighted by atomic mass is 16.6. The molecule has 1 N–H and O–H groups in total. The summed E-state index contributed by atoms with van der Waals surface area (Å²) in [7, 11) is 4.93. The minimum absolute atomic E-state index is 0.291. The maximum absolute atomic E-state index is 11.8. The lowest BCUT2D eigenvalue weighted by Gasteiger charge is -2.23. The van der Waals surface area contributed by atoms with Gasteiger partial charge < -0.3 is 23.9 Å². The molecule has 1 aromatic rings. The first kappa shape index (κ1) is 17.0. The van der Waals surface area contributed by atoms with E-state index in [0.29, 0.717) is 6.42 Å². The molecule has 0 aromatic carbocycles. The Kier molecular flexibility index (Phi) is 5.34. The summed E-state index contributed by atoms with van der Waals surface area (Å²) >= 11 is 0. The maximum Gasteiger partial charge on any atom is 0.408 e. The van der Waals surface area contributed by atoms with Crippen molar-refractivity contribution in [3.63, 3.8) is 0 Å². The second-order valence-corrected chi connectivity index (χ2v) is 5.82. The number of carbonyl (C=O) groups excluding carboxylic acids is 2. The highest BCUT2D eigenvalue weighted by Gasteiger charge is 2.25.